The molecule has 0 aliphatic rings. The summed E-state index contributed by atoms with van der Waals surface area (Å²) in [6.45, 7) is 0. The second-order valence-corrected chi connectivity index (χ2v) is 4.56. The summed E-state index contributed by atoms with van der Waals surface area (Å²) < 4.78 is 0.984. The minimum Gasteiger partial charge on any atom is -0.294 e. The maximum Gasteiger partial charge on any atom is 0.162 e. The number of Topliss-reactive ketones (excluding diaryl/α,β-unsaturated/α-hetero) is 1. The second kappa shape index (κ2) is 7.19. The van der Waals surface area contributed by atoms with Gasteiger partial charge < -0.3 is 0 Å². The third-order valence-corrected chi connectivity index (χ3v) is 2.89. The van der Waals surface area contributed by atoms with E-state index in [4.69, 9.17) is 5.26 Å². The van der Waals surface area contributed by atoms with E-state index in [0.717, 1.165) is 29.3 Å². The molecule has 1 rings (SSSR count). The van der Waals surface area contributed by atoms with E-state index in [1.54, 1.807) is 0 Å². The zero-order chi connectivity index (χ0) is 11.8. The first kappa shape index (κ1) is 12.9. The molecule has 0 amide bonds. The molecule has 0 aliphatic heterocycles. The average Bonchev–Trinajstić information content (AvgIpc) is 2.29. The van der Waals surface area contributed by atoms with Gasteiger partial charge in [0.15, 0.2) is 5.78 Å². The third kappa shape index (κ3) is 4.59. The van der Waals surface area contributed by atoms with E-state index >= 15 is 0 Å². The Morgan fingerprint density at radius 1 is 1.19 bits per heavy atom. The molecule has 16 heavy (non-hydrogen) atoms. The van der Waals surface area contributed by atoms with Gasteiger partial charge in [-0.25, -0.2) is 0 Å². The molecule has 0 saturated heterocycles. The van der Waals surface area contributed by atoms with Gasteiger partial charge in [-0.1, -0.05) is 34.5 Å². The van der Waals surface area contributed by atoms with Crippen LogP contribution in [0.1, 0.15) is 42.5 Å². The van der Waals surface area contributed by atoms with E-state index < -0.39 is 0 Å². The molecular weight excluding hydrogens is 266 g/mol. The minimum absolute atomic E-state index is 0.185. The van der Waals surface area contributed by atoms with Gasteiger partial charge in [0, 0.05) is 22.9 Å². The molecule has 84 valence electrons. The van der Waals surface area contributed by atoms with Crippen LogP contribution in [0, 0.1) is 11.3 Å². The van der Waals surface area contributed by atoms with Crippen LogP contribution in [0.2, 0.25) is 0 Å². The molecule has 0 bridgehead atoms. The van der Waals surface area contributed by atoms with Crippen LogP contribution in [-0.4, -0.2) is 5.78 Å². The molecule has 2 nitrogen and oxygen atoms in total. The van der Waals surface area contributed by atoms with Crippen molar-refractivity contribution in [3.05, 3.63) is 34.3 Å². The van der Waals surface area contributed by atoms with E-state index in [-0.39, 0.29) is 5.78 Å². The number of ketones is 1. The van der Waals surface area contributed by atoms with Crippen LogP contribution in [0.5, 0.6) is 0 Å². The van der Waals surface area contributed by atoms with Crippen LogP contribution in [0.3, 0.4) is 0 Å². The molecule has 0 aliphatic carbocycles. The fraction of sp³-hybridized carbons (Fsp3) is 0.385. The Hall–Kier alpha value is -1.14. The molecule has 0 N–H and O–H groups in total. The highest BCUT2D eigenvalue weighted by Gasteiger charge is 2.04. The molecule has 0 fully saturated rings. The summed E-state index contributed by atoms with van der Waals surface area (Å²) >= 11 is 3.33. The molecule has 1 aromatic rings. The highest BCUT2D eigenvalue weighted by molar-refractivity contribution is 9.10. The standard InChI is InChI=1S/C13H14BrNO/c14-12-8-6-11(7-9-12)13(16)5-3-1-2-4-10-15/h6-9H,1-5H2. The van der Waals surface area contributed by atoms with Crippen LogP contribution in [0.15, 0.2) is 28.7 Å². The van der Waals surface area contributed by atoms with Crippen LogP contribution in [-0.2, 0) is 0 Å². The van der Waals surface area contributed by atoms with Crippen molar-refractivity contribution >= 4 is 21.7 Å². The van der Waals surface area contributed by atoms with E-state index in [1.807, 2.05) is 24.3 Å². The number of rotatable bonds is 6. The number of hydrogen-bond donors (Lipinski definition) is 0. The summed E-state index contributed by atoms with van der Waals surface area (Å²) in [6, 6.07) is 9.53. The molecule has 0 saturated carbocycles. The molecule has 0 aromatic heterocycles. The van der Waals surface area contributed by atoms with Crippen molar-refractivity contribution < 1.29 is 4.79 Å². The lowest BCUT2D eigenvalue weighted by Crippen LogP contribution is -1.98. The number of nitrogens with zero attached hydrogens (tertiary/aromatic N) is 1. The summed E-state index contributed by atoms with van der Waals surface area (Å²) in [7, 11) is 0. The van der Waals surface area contributed by atoms with Gasteiger partial charge in [0.25, 0.3) is 0 Å². The lowest BCUT2D eigenvalue weighted by Gasteiger charge is -2.00. The predicted molar refractivity (Wildman–Crippen MR) is 67.2 cm³/mol. The maximum atomic E-state index is 11.7. The summed E-state index contributed by atoms with van der Waals surface area (Å²) in [4.78, 5) is 11.7. The first-order valence-electron chi connectivity index (χ1n) is 5.40. The van der Waals surface area contributed by atoms with Gasteiger partial charge in [0.05, 0.1) is 6.07 Å². The van der Waals surface area contributed by atoms with Crippen molar-refractivity contribution in [3.8, 4) is 6.07 Å². The van der Waals surface area contributed by atoms with Gasteiger partial charge in [-0.3, -0.25) is 4.79 Å². The number of nitriles is 1. The summed E-state index contributed by atoms with van der Waals surface area (Å²) in [5.74, 6) is 0.185. The maximum absolute atomic E-state index is 11.7. The first-order chi connectivity index (χ1) is 7.74. The number of hydrogen-bond acceptors (Lipinski definition) is 2. The highest BCUT2D eigenvalue weighted by Crippen LogP contribution is 2.13. The van der Waals surface area contributed by atoms with E-state index in [9.17, 15) is 4.79 Å². The van der Waals surface area contributed by atoms with Crippen molar-refractivity contribution in [1.82, 2.24) is 0 Å². The number of halogens is 1. The lowest BCUT2D eigenvalue weighted by atomic mass is 10.0. The smallest absolute Gasteiger partial charge is 0.162 e. The molecule has 1 aromatic carbocycles. The van der Waals surface area contributed by atoms with Crippen molar-refractivity contribution in [2.24, 2.45) is 0 Å². The molecular formula is C13H14BrNO. The fourth-order valence-corrected chi connectivity index (χ4v) is 1.71. The van der Waals surface area contributed by atoms with Gasteiger partial charge >= 0.3 is 0 Å². The van der Waals surface area contributed by atoms with E-state index in [1.165, 1.54) is 0 Å². The van der Waals surface area contributed by atoms with Gasteiger partial charge in [0.2, 0.25) is 0 Å². The number of unbranched alkanes of at least 4 members (excludes halogenated alkanes) is 3. The largest absolute Gasteiger partial charge is 0.294 e. The van der Waals surface area contributed by atoms with Crippen molar-refractivity contribution in [1.29, 1.82) is 5.26 Å². The zero-order valence-corrected chi connectivity index (χ0v) is 10.7. The Morgan fingerprint density at radius 3 is 2.50 bits per heavy atom. The molecule has 0 spiro atoms. The topological polar surface area (TPSA) is 40.9 Å². The quantitative estimate of drug-likeness (QED) is 0.581. The molecule has 0 unspecified atom stereocenters. The molecule has 0 atom stereocenters. The minimum atomic E-state index is 0.185. The Morgan fingerprint density at radius 2 is 1.88 bits per heavy atom. The van der Waals surface area contributed by atoms with Crippen molar-refractivity contribution in [3.63, 3.8) is 0 Å². The third-order valence-electron chi connectivity index (χ3n) is 2.36. The number of benzene rings is 1. The van der Waals surface area contributed by atoms with E-state index in [2.05, 4.69) is 22.0 Å². The first-order valence-corrected chi connectivity index (χ1v) is 6.19. The van der Waals surface area contributed by atoms with E-state index in [0.29, 0.717) is 12.8 Å². The Bertz CT molecular complexity index is 378. The van der Waals surface area contributed by atoms with Gasteiger partial charge in [-0.05, 0) is 25.0 Å². The average molecular weight is 280 g/mol. The second-order valence-electron chi connectivity index (χ2n) is 3.65. The van der Waals surface area contributed by atoms with Gasteiger partial charge in [-0.15, -0.1) is 0 Å². The molecule has 0 radical (unpaired) electrons. The predicted octanol–water partition coefficient (Wildman–Crippen LogP) is 4.11. The Labute approximate surface area is 104 Å². The van der Waals surface area contributed by atoms with Crippen molar-refractivity contribution in [2.75, 3.05) is 0 Å². The fourth-order valence-electron chi connectivity index (χ4n) is 1.45. The number of carbonyl (C=O) groups is 1. The molecule has 0 heterocycles. The summed E-state index contributed by atoms with van der Waals surface area (Å²) in [6.07, 6.45) is 3.88. The van der Waals surface area contributed by atoms with Crippen LogP contribution in [0.25, 0.3) is 0 Å². The monoisotopic (exact) mass is 279 g/mol. The van der Waals surface area contributed by atoms with Crippen LogP contribution in [0.4, 0.5) is 0 Å². The highest BCUT2D eigenvalue weighted by atomic mass is 79.9. The summed E-state index contributed by atoms with van der Waals surface area (Å²) in [5.41, 5.74) is 0.767. The van der Waals surface area contributed by atoms with Gasteiger partial charge in [0.1, 0.15) is 0 Å². The Kier molecular flexibility index (Phi) is 5.81. The normalized spacial score (nSPS) is 9.75. The SMILES string of the molecule is N#CCCCCCC(=O)c1ccc(Br)cc1. The van der Waals surface area contributed by atoms with Crippen LogP contribution < -0.4 is 0 Å². The summed E-state index contributed by atoms with van der Waals surface area (Å²) in [5, 5.41) is 8.36. The van der Waals surface area contributed by atoms with Crippen LogP contribution >= 0.6 is 15.9 Å². The zero-order valence-electron chi connectivity index (χ0n) is 9.08. The lowest BCUT2D eigenvalue weighted by molar-refractivity contribution is 0.0979. The molecule has 3 heteroatoms. The van der Waals surface area contributed by atoms with Gasteiger partial charge in [-0.2, -0.15) is 5.26 Å². The number of carbonyl (C=O) groups excluding carboxylic acids is 1. The Balaban J connectivity index is 2.30. The van der Waals surface area contributed by atoms with Crippen molar-refractivity contribution in [2.45, 2.75) is 32.1 Å².